The largest absolute Gasteiger partial charge is 0.454 e. The highest BCUT2D eigenvalue weighted by atomic mass is 16.7. The van der Waals surface area contributed by atoms with Gasteiger partial charge in [-0.2, -0.15) is 0 Å². The van der Waals surface area contributed by atoms with Gasteiger partial charge in [0, 0.05) is 17.0 Å². The molecule has 0 aliphatic carbocycles. The molecule has 3 N–H and O–H groups in total. The quantitative estimate of drug-likeness (QED) is 0.845. The van der Waals surface area contributed by atoms with Gasteiger partial charge in [-0.15, -0.1) is 0 Å². The lowest BCUT2D eigenvalue weighted by Crippen LogP contribution is -2.10. The number of carbonyl (C=O) groups excluding carboxylic acids is 1. The summed E-state index contributed by atoms with van der Waals surface area (Å²) in [5.41, 5.74) is 8.31. The van der Waals surface area contributed by atoms with Gasteiger partial charge in [0.15, 0.2) is 11.5 Å². The highest BCUT2D eigenvalue weighted by Crippen LogP contribution is 2.35. The van der Waals surface area contributed by atoms with Crippen molar-refractivity contribution < 1.29 is 14.3 Å². The van der Waals surface area contributed by atoms with E-state index < -0.39 is 5.91 Å². The summed E-state index contributed by atoms with van der Waals surface area (Å²) in [5.74, 6) is 1.01. The van der Waals surface area contributed by atoms with Crippen LogP contribution in [0.1, 0.15) is 16.1 Å². The monoisotopic (exact) mass is 244 g/mol. The van der Waals surface area contributed by atoms with Crippen LogP contribution in [0.2, 0.25) is 0 Å². The Bertz CT molecular complexity index is 631. The Morgan fingerprint density at radius 1 is 1.28 bits per heavy atom. The first-order chi connectivity index (χ1) is 8.65. The van der Waals surface area contributed by atoms with Crippen molar-refractivity contribution in [2.75, 3.05) is 6.79 Å². The molecule has 0 saturated carbocycles. The third-order valence-electron chi connectivity index (χ3n) is 2.96. The molecule has 18 heavy (non-hydrogen) atoms. The number of aromatic amines is 1. The predicted molar refractivity (Wildman–Crippen MR) is 65.6 cm³/mol. The minimum absolute atomic E-state index is 0.245. The number of rotatable bonds is 2. The molecule has 5 nitrogen and oxygen atoms in total. The first-order valence-corrected chi connectivity index (χ1v) is 5.54. The summed E-state index contributed by atoms with van der Waals surface area (Å²) in [6.07, 6.45) is 0. The van der Waals surface area contributed by atoms with Crippen molar-refractivity contribution in [3.05, 3.63) is 35.5 Å². The number of hydrogen-bond donors (Lipinski definition) is 2. The predicted octanol–water partition coefficient (Wildman–Crippen LogP) is 1.82. The molecule has 2 aromatic rings. The van der Waals surface area contributed by atoms with Gasteiger partial charge in [0.05, 0.1) is 5.56 Å². The fraction of sp³-hybridized carbons (Fsp3) is 0.154. The molecule has 5 heteroatoms. The van der Waals surface area contributed by atoms with Crippen LogP contribution in [-0.2, 0) is 0 Å². The molecule has 2 heterocycles. The number of fused-ring (bicyclic) bond motifs is 1. The standard InChI is InChI=1S/C13H12N2O3/c1-7-9(13(14)16)5-10(15-7)8-2-3-11-12(4-8)18-6-17-11/h2-5,15H,6H2,1H3,(H2,14,16). The zero-order chi connectivity index (χ0) is 12.7. The lowest BCUT2D eigenvalue weighted by Gasteiger charge is -2.00. The average molecular weight is 244 g/mol. The number of nitrogens with two attached hydrogens (primary N) is 1. The van der Waals surface area contributed by atoms with E-state index in [0.29, 0.717) is 11.3 Å². The maximum Gasteiger partial charge on any atom is 0.250 e. The van der Waals surface area contributed by atoms with E-state index in [1.165, 1.54) is 0 Å². The number of benzene rings is 1. The van der Waals surface area contributed by atoms with Crippen LogP contribution >= 0.6 is 0 Å². The SMILES string of the molecule is Cc1[nH]c(-c2ccc3c(c2)OCO3)cc1C(N)=O. The number of aromatic nitrogens is 1. The van der Waals surface area contributed by atoms with Crippen molar-refractivity contribution in [2.24, 2.45) is 5.73 Å². The van der Waals surface area contributed by atoms with Crippen LogP contribution in [-0.4, -0.2) is 17.7 Å². The molecule has 0 atom stereocenters. The molecule has 0 unspecified atom stereocenters. The van der Waals surface area contributed by atoms with Crippen LogP contribution in [0.3, 0.4) is 0 Å². The Labute approximate surface area is 104 Å². The average Bonchev–Trinajstić information content (AvgIpc) is 2.93. The molecule has 1 aliphatic rings. The van der Waals surface area contributed by atoms with Crippen molar-refractivity contribution >= 4 is 5.91 Å². The van der Waals surface area contributed by atoms with Crippen LogP contribution < -0.4 is 15.2 Å². The topological polar surface area (TPSA) is 77.3 Å². The normalized spacial score (nSPS) is 12.7. The molecule has 1 amide bonds. The first kappa shape index (κ1) is 10.7. The molecule has 1 aromatic carbocycles. The number of hydrogen-bond acceptors (Lipinski definition) is 3. The highest BCUT2D eigenvalue weighted by Gasteiger charge is 2.16. The Kier molecular flexibility index (Phi) is 2.26. The van der Waals surface area contributed by atoms with Gasteiger partial charge in [0.2, 0.25) is 6.79 Å². The Balaban J connectivity index is 2.05. The maximum absolute atomic E-state index is 11.2. The van der Waals surface area contributed by atoms with Crippen molar-refractivity contribution in [2.45, 2.75) is 6.92 Å². The molecule has 0 bridgehead atoms. The van der Waals surface area contributed by atoms with E-state index in [1.807, 2.05) is 25.1 Å². The molecular weight excluding hydrogens is 232 g/mol. The molecule has 92 valence electrons. The van der Waals surface area contributed by atoms with Gasteiger partial charge in [0.1, 0.15) is 0 Å². The molecule has 1 aromatic heterocycles. The van der Waals surface area contributed by atoms with Gasteiger partial charge in [-0.3, -0.25) is 4.79 Å². The minimum atomic E-state index is -0.434. The van der Waals surface area contributed by atoms with Crippen LogP contribution in [0.4, 0.5) is 0 Å². The summed E-state index contributed by atoms with van der Waals surface area (Å²) in [6.45, 7) is 2.06. The second kappa shape index (κ2) is 3.80. The number of aryl methyl sites for hydroxylation is 1. The Hall–Kier alpha value is -2.43. The molecular formula is C13H12N2O3. The fourth-order valence-electron chi connectivity index (χ4n) is 2.03. The van der Waals surface area contributed by atoms with Crippen LogP contribution in [0.15, 0.2) is 24.3 Å². The number of primary amides is 1. The maximum atomic E-state index is 11.2. The van der Waals surface area contributed by atoms with E-state index in [9.17, 15) is 4.79 Å². The van der Waals surface area contributed by atoms with Crippen molar-refractivity contribution in [1.29, 1.82) is 0 Å². The van der Waals surface area contributed by atoms with Crippen molar-refractivity contribution in [1.82, 2.24) is 4.98 Å². The third-order valence-corrected chi connectivity index (χ3v) is 2.96. The van der Waals surface area contributed by atoms with Gasteiger partial charge in [-0.05, 0) is 31.2 Å². The molecule has 1 aliphatic heterocycles. The van der Waals surface area contributed by atoms with Crippen LogP contribution in [0.25, 0.3) is 11.3 Å². The van der Waals surface area contributed by atoms with Crippen LogP contribution in [0.5, 0.6) is 11.5 Å². The zero-order valence-corrected chi connectivity index (χ0v) is 9.82. The van der Waals surface area contributed by atoms with E-state index >= 15 is 0 Å². The Morgan fingerprint density at radius 2 is 2.06 bits per heavy atom. The van der Waals surface area contributed by atoms with Gasteiger partial charge in [-0.1, -0.05) is 0 Å². The van der Waals surface area contributed by atoms with Crippen molar-refractivity contribution in [3.8, 4) is 22.8 Å². The van der Waals surface area contributed by atoms with Crippen molar-refractivity contribution in [3.63, 3.8) is 0 Å². The smallest absolute Gasteiger partial charge is 0.250 e. The van der Waals surface area contributed by atoms with Gasteiger partial charge >= 0.3 is 0 Å². The van der Waals surface area contributed by atoms with E-state index in [1.54, 1.807) is 6.07 Å². The molecule has 0 radical (unpaired) electrons. The number of nitrogens with one attached hydrogen (secondary N) is 1. The number of H-pyrrole nitrogens is 1. The van der Waals surface area contributed by atoms with E-state index in [4.69, 9.17) is 15.2 Å². The summed E-state index contributed by atoms with van der Waals surface area (Å²) in [5, 5.41) is 0. The highest BCUT2D eigenvalue weighted by molar-refractivity contribution is 5.95. The molecule has 3 rings (SSSR count). The number of carbonyl (C=O) groups is 1. The molecule has 0 fully saturated rings. The fourth-order valence-corrected chi connectivity index (χ4v) is 2.03. The third kappa shape index (κ3) is 1.60. The van der Waals surface area contributed by atoms with E-state index in [-0.39, 0.29) is 6.79 Å². The molecule has 0 saturated heterocycles. The summed E-state index contributed by atoms with van der Waals surface area (Å²) in [6, 6.07) is 7.37. The lowest BCUT2D eigenvalue weighted by molar-refractivity contribution is 0.1000. The number of ether oxygens (including phenoxy) is 2. The Morgan fingerprint density at radius 3 is 2.78 bits per heavy atom. The van der Waals surface area contributed by atoms with Crippen LogP contribution in [0, 0.1) is 6.92 Å². The summed E-state index contributed by atoms with van der Waals surface area (Å²) >= 11 is 0. The van der Waals surface area contributed by atoms with Gasteiger partial charge in [0.25, 0.3) is 5.91 Å². The second-order valence-electron chi connectivity index (χ2n) is 4.15. The minimum Gasteiger partial charge on any atom is -0.454 e. The second-order valence-corrected chi connectivity index (χ2v) is 4.15. The van der Waals surface area contributed by atoms with Gasteiger partial charge in [-0.25, -0.2) is 0 Å². The number of amides is 1. The van der Waals surface area contributed by atoms with E-state index in [0.717, 1.165) is 22.7 Å². The summed E-state index contributed by atoms with van der Waals surface area (Å²) < 4.78 is 10.6. The summed E-state index contributed by atoms with van der Waals surface area (Å²) in [4.78, 5) is 14.3. The molecule has 0 spiro atoms. The summed E-state index contributed by atoms with van der Waals surface area (Å²) in [7, 11) is 0. The lowest BCUT2D eigenvalue weighted by atomic mass is 10.1. The zero-order valence-electron chi connectivity index (χ0n) is 9.82. The van der Waals surface area contributed by atoms with E-state index in [2.05, 4.69) is 4.98 Å². The first-order valence-electron chi connectivity index (χ1n) is 5.54. The van der Waals surface area contributed by atoms with Gasteiger partial charge < -0.3 is 20.2 Å².